The molecule has 0 aromatic heterocycles. The Morgan fingerprint density at radius 3 is 1.84 bits per heavy atom. The molecule has 0 spiro atoms. The first-order valence-corrected chi connectivity index (χ1v) is 10.0. The molecule has 0 saturated heterocycles. The van der Waals surface area contributed by atoms with E-state index >= 15 is 0 Å². The fourth-order valence-corrected chi connectivity index (χ4v) is 4.87. The molecule has 0 fully saturated rings. The lowest BCUT2D eigenvalue weighted by molar-refractivity contribution is -0.271. The van der Waals surface area contributed by atoms with E-state index in [2.05, 4.69) is 4.43 Å². The predicted molar refractivity (Wildman–Crippen MR) is 85.1 cm³/mol. The minimum absolute atomic E-state index is 0.0604. The summed E-state index contributed by atoms with van der Waals surface area (Å²) in [6, 6.07) is 8.34. The zero-order valence-corrected chi connectivity index (χ0v) is 15.2. The van der Waals surface area contributed by atoms with E-state index in [0.717, 1.165) is 0 Å². The molecule has 0 aliphatic rings. The molecular formula is C16H23F5O3Si. The van der Waals surface area contributed by atoms with Crippen LogP contribution in [0.2, 0.25) is 0 Å². The summed E-state index contributed by atoms with van der Waals surface area (Å²) in [5, 5.41) is 0. The standard InChI is InChI=1S/C16H23F5O3Si/c1-3-10-22-25(23-11-4-2,12-14-8-6-5-7-9-14)24-16(20,21)13-15(17,18)19/h5-9H,3-4,10-13H2,1-2H3. The normalized spacial score (nSPS) is 13.2. The number of benzene rings is 1. The Hall–Kier alpha value is -1.03. The Morgan fingerprint density at radius 1 is 0.880 bits per heavy atom. The van der Waals surface area contributed by atoms with Gasteiger partial charge in [-0.3, -0.25) is 0 Å². The van der Waals surface area contributed by atoms with Crippen LogP contribution in [0.4, 0.5) is 22.0 Å². The van der Waals surface area contributed by atoms with E-state index in [1.54, 1.807) is 44.2 Å². The molecule has 0 radical (unpaired) electrons. The van der Waals surface area contributed by atoms with Gasteiger partial charge in [-0.1, -0.05) is 44.2 Å². The van der Waals surface area contributed by atoms with Crippen molar-refractivity contribution in [3.63, 3.8) is 0 Å². The molecule has 0 N–H and O–H groups in total. The highest BCUT2D eigenvalue weighted by Gasteiger charge is 2.54. The molecular weight excluding hydrogens is 363 g/mol. The summed E-state index contributed by atoms with van der Waals surface area (Å²) >= 11 is 0. The van der Waals surface area contributed by atoms with E-state index in [1.165, 1.54) is 0 Å². The molecule has 0 aliphatic heterocycles. The minimum Gasteiger partial charge on any atom is -0.373 e. The van der Waals surface area contributed by atoms with Crippen molar-refractivity contribution in [3.05, 3.63) is 35.9 Å². The second-order valence-corrected chi connectivity index (χ2v) is 8.07. The molecule has 1 rings (SSSR count). The van der Waals surface area contributed by atoms with Crippen LogP contribution in [0.1, 0.15) is 38.7 Å². The van der Waals surface area contributed by atoms with Gasteiger partial charge in [0, 0.05) is 19.3 Å². The minimum atomic E-state index is -5.06. The van der Waals surface area contributed by atoms with Crippen LogP contribution >= 0.6 is 0 Å². The van der Waals surface area contributed by atoms with Gasteiger partial charge in [-0.2, -0.15) is 22.0 Å². The molecule has 0 atom stereocenters. The molecule has 3 nitrogen and oxygen atoms in total. The van der Waals surface area contributed by atoms with E-state index in [4.69, 9.17) is 8.85 Å². The van der Waals surface area contributed by atoms with Crippen molar-refractivity contribution >= 4 is 8.80 Å². The van der Waals surface area contributed by atoms with Gasteiger partial charge < -0.3 is 13.3 Å². The van der Waals surface area contributed by atoms with Gasteiger partial charge in [-0.15, -0.1) is 0 Å². The number of halogens is 5. The van der Waals surface area contributed by atoms with Crippen LogP contribution in [-0.2, 0) is 19.3 Å². The summed E-state index contributed by atoms with van der Waals surface area (Å²) in [6.45, 7) is 3.64. The van der Waals surface area contributed by atoms with Crippen LogP contribution in [0.5, 0.6) is 0 Å². The molecule has 0 amide bonds. The summed E-state index contributed by atoms with van der Waals surface area (Å²) in [4.78, 5) is 0. The summed E-state index contributed by atoms with van der Waals surface area (Å²) in [7, 11) is -4.06. The number of alkyl halides is 5. The van der Waals surface area contributed by atoms with Crippen molar-refractivity contribution in [1.29, 1.82) is 0 Å². The van der Waals surface area contributed by atoms with E-state index in [-0.39, 0.29) is 19.3 Å². The molecule has 0 saturated carbocycles. The fraction of sp³-hybridized carbons (Fsp3) is 0.625. The smallest absolute Gasteiger partial charge is 0.373 e. The Balaban J connectivity index is 3.08. The Labute approximate surface area is 145 Å². The van der Waals surface area contributed by atoms with E-state index in [1.807, 2.05) is 0 Å². The quantitative estimate of drug-likeness (QED) is 0.390. The lowest BCUT2D eigenvalue weighted by Gasteiger charge is -2.33. The van der Waals surface area contributed by atoms with E-state index < -0.39 is 27.5 Å². The van der Waals surface area contributed by atoms with Crippen LogP contribution in [0.25, 0.3) is 0 Å². The first kappa shape index (κ1) is 22.0. The maximum Gasteiger partial charge on any atom is 0.509 e. The van der Waals surface area contributed by atoms with E-state index in [9.17, 15) is 22.0 Å². The van der Waals surface area contributed by atoms with Crippen molar-refractivity contribution in [2.75, 3.05) is 13.2 Å². The molecule has 144 valence electrons. The van der Waals surface area contributed by atoms with Crippen LogP contribution < -0.4 is 0 Å². The topological polar surface area (TPSA) is 27.7 Å². The van der Waals surface area contributed by atoms with Crippen molar-refractivity contribution in [2.45, 2.75) is 51.4 Å². The molecule has 0 unspecified atom stereocenters. The summed E-state index contributed by atoms with van der Waals surface area (Å²) in [6.07, 6.45) is -10.9. The zero-order valence-electron chi connectivity index (χ0n) is 14.2. The molecule has 0 aliphatic carbocycles. The Bertz CT molecular complexity index is 488. The first-order chi connectivity index (χ1) is 11.6. The van der Waals surface area contributed by atoms with Crippen LogP contribution in [0.3, 0.4) is 0 Å². The summed E-state index contributed by atoms with van der Waals surface area (Å²) < 4.78 is 80.7. The highest BCUT2D eigenvalue weighted by molar-refractivity contribution is 6.60. The van der Waals surface area contributed by atoms with Gasteiger partial charge in [0.2, 0.25) is 0 Å². The van der Waals surface area contributed by atoms with Crippen molar-refractivity contribution in [3.8, 4) is 0 Å². The van der Waals surface area contributed by atoms with Crippen LogP contribution in [0.15, 0.2) is 30.3 Å². The molecule has 1 aromatic carbocycles. The fourth-order valence-electron chi connectivity index (χ4n) is 2.10. The first-order valence-electron chi connectivity index (χ1n) is 8.08. The number of rotatable bonds is 11. The average Bonchev–Trinajstić information content (AvgIpc) is 2.49. The van der Waals surface area contributed by atoms with Crippen molar-refractivity contribution < 1.29 is 35.2 Å². The molecule has 1 aromatic rings. The Kier molecular flexibility index (Phi) is 8.46. The van der Waals surface area contributed by atoms with Crippen LogP contribution in [0, 0.1) is 0 Å². The lowest BCUT2D eigenvalue weighted by Crippen LogP contribution is -2.54. The molecule has 0 bridgehead atoms. The van der Waals surface area contributed by atoms with Gasteiger partial charge in [0.05, 0.1) is 0 Å². The third kappa shape index (κ3) is 8.75. The molecule has 9 heteroatoms. The van der Waals surface area contributed by atoms with Gasteiger partial charge in [-0.25, -0.2) is 0 Å². The van der Waals surface area contributed by atoms with Crippen LogP contribution in [-0.4, -0.2) is 34.3 Å². The summed E-state index contributed by atoms with van der Waals surface area (Å²) in [5.41, 5.74) is 0.601. The SMILES string of the molecule is CCCO[Si](Cc1ccccc1)(OCCC)OC(F)(F)CC(F)(F)F. The van der Waals surface area contributed by atoms with Gasteiger partial charge in [0.1, 0.15) is 6.42 Å². The number of hydrogen-bond donors (Lipinski definition) is 0. The highest BCUT2D eigenvalue weighted by Crippen LogP contribution is 2.36. The van der Waals surface area contributed by atoms with Gasteiger partial charge in [0.25, 0.3) is 0 Å². The second kappa shape index (κ2) is 9.61. The number of hydrogen-bond acceptors (Lipinski definition) is 3. The van der Waals surface area contributed by atoms with Crippen molar-refractivity contribution in [2.24, 2.45) is 0 Å². The van der Waals surface area contributed by atoms with E-state index in [0.29, 0.717) is 18.4 Å². The maximum absolute atomic E-state index is 13.9. The lowest BCUT2D eigenvalue weighted by atomic mass is 10.2. The average molecular weight is 386 g/mol. The second-order valence-electron chi connectivity index (χ2n) is 5.57. The van der Waals surface area contributed by atoms with Crippen molar-refractivity contribution in [1.82, 2.24) is 0 Å². The van der Waals surface area contributed by atoms with Gasteiger partial charge in [0.15, 0.2) is 0 Å². The third-order valence-electron chi connectivity index (χ3n) is 3.03. The highest BCUT2D eigenvalue weighted by atomic mass is 28.4. The molecule has 25 heavy (non-hydrogen) atoms. The predicted octanol–water partition coefficient (Wildman–Crippen LogP) is 5.12. The van der Waals surface area contributed by atoms with Gasteiger partial charge in [-0.05, 0) is 18.4 Å². The third-order valence-corrected chi connectivity index (χ3v) is 5.77. The Morgan fingerprint density at radius 2 is 1.40 bits per heavy atom. The maximum atomic E-state index is 13.9. The summed E-state index contributed by atoms with van der Waals surface area (Å²) in [5.74, 6) is 0. The zero-order chi connectivity index (χ0) is 19.0. The van der Waals surface area contributed by atoms with Gasteiger partial charge >= 0.3 is 21.1 Å². The largest absolute Gasteiger partial charge is 0.509 e. The molecule has 0 heterocycles. The monoisotopic (exact) mass is 386 g/mol.